The zero-order chi connectivity index (χ0) is 19.3. The molecular weight excluding hydrogens is 353 g/mol. The van der Waals surface area contributed by atoms with Crippen LogP contribution in [0, 0.1) is 24.1 Å². The van der Waals surface area contributed by atoms with Gasteiger partial charge in [-0.1, -0.05) is 49.7 Å². The van der Waals surface area contributed by atoms with Gasteiger partial charge in [0, 0.05) is 5.56 Å². The molecule has 138 valence electrons. The van der Waals surface area contributed by atoms with Crippen LogP contribution in [0.15, 0.2) is 53.4 Å². The highest BCUT2D eigenvalue weighted by atomic mass is 32.2. The Labute approximate surface area is 153 Å². The molecule has 1 aliphatic rings. The van der Waals surface area contributed by atoms with Crippen LogP contribution in [0.2, 0.25) is 0 Å². The molecule has 6 heteroatoms. The van der Waals surface area contributed by atoms with E-state index in [2.05, 4.69) is 0 Å². The maximum absolute atomic E-state index is 14.5. The Morgan fingerprint density at radius 3 is 2.19 bits per heavy atom. The van der Waals surface area contributed by atoms with Gasteiger partial charge in [0.15, 0.2) is 0 Å². The number of carbonyl (C=O) groups is 1. The van der Waals surface area contributed by atoms with E-state index in [9.17, 15) is 17.6 Å². The SMILES string of the molecule is Cc1ccc(S(=O)(=O)N2C(=O)[C@](C)(C(C)C)[C@H]2c2ccccc2F)cc1. The van der Waals surface area contributed by atoms with Crippen LogP contribution in [-0.4, -0.2) is 18.6 Å². The van der Waals surface area contributed by atoms with E-state index in [4.69, 9.17) is 0 Å². The first-order valence-electron chi connectivity index (χ1n) is 8.51. The molecule has 26 heavy (non-hydrogen) atoms. The summed E-state index contributed by atoms with van der Waals surface area (Å²) in [5.74, 6) is -1.16. The second-order valence-corrected chi connectivity index (χ2v) is 9.10. The molecule has 1 fully saturated rings. The van der Waals surface area contributed by atoms with Crippen LogP contribution in [0.3, 0.4) is 0 Å². The third-order valence-electron chi connectivity index (χ3n) is 5.44. The fourth-order valence-electron chi connectivity index (χ4n) is 3.43. The van der Waals surface area contributed by atoms with Crippen molar-refractivity contribution in [3.63, 3.8) is 0 Å². The van der Waals surface area contributed by atoms with Gasteiger partial charge in [0.2, 0.25) is 5.91 Å². The average Bonchev–Trinajstić information content (AvgIpc) is 2.59. The summed E-state index contributed by atoms with van der Waals surface area (Å²) in [5, 5.41) is 0. The monoisotopic (exact) mass is 375 g/mol. The lowest BCUT2D eigenvalue weighted by molar-refractivity contribution is -0.164. The van der Waals surface area contributed by atoms with Gasteiger partial charge in [0.25, 0.3) is 10.0 Å². The fourth-order valence-corrected chi connectivity index (χ4v) is 5.16. The standard InChI is InChI=1S/C20H22FNO3S/c1-13(2)20(4)18(16-7-5-6-8-17(16)21)22(19(20)23)26(24,25)15-11-9-14(3)10-12-15/h5-13,18H,1-4H3/t18-,20-/m1/s1. The Morgan fingerprint density at radius 2 is 1.65 bits per heavy atom. The van der Waals surface area contributed by atoms with Crippen LogP contribution in [0.25, 0.3) is 0 Å². The van der Waals surface area contributed by atoms with Crippen LogP contribution in [0.5, 0.6) is 0 Å². The van der Waals surface area contributed by atoms with Crippen molar-refractivity contribution in [3.8, 4) is 0 Å². The number of nitrogens with zero attached hydrogens (tertiary/aromatic N) is 1. The van der Waals surface area contributed by atoms with Crippen molar-refractivity contribution in [1.29, 1.82) is 0 Å². The number of benzene rings is 2. The van der Waals surface area contributed by atoms with E-state index in [0.717, 1.165) is 9.87 Å². The van der Waals surface area contributed by atoms with Gasteiger partial charge in [-0.25, -0.2) is 17.1 Å². The maximum atomic E-state index is 14.5. The predicted octanol–water partition coefficient (Wildman–Crippen LogP) is 4.07. The summed E-state index contributed by atoms with van der Waals surface area (Å²) in [6.45, 7) is 7.25. The highest BCUT2D eigenvalue weighted by molar-refractivity contribution is 7.89. The molecule has 1 saturated heterocycles. The second kappa shape index (κ2) is 6.20. The van der Waals surface area contributed by atoms with Crippen molar-refractivity contribution in [2.45, 2.75) is 38.6 Å². The molecule has 1 amide bonds. The summed E-state index contributed by atoms with van der Waals surface area (Å²) in [6.07, 6.45) is 0. The molecule has 0 aromatic heterocycles. The Bertz CT molecular complexity index is 953. The van der Waals surface area contributed by atoms with Gasteiger partial charge in [-0.2, -0.15) is 0 Å². The molecule has 2 aromatic rings. The molecule has 2 atom stereocenters. The zero-order valence-corrected chi connectivity index (χ0v) is 16.0. The quantitative estimate of drug-likeness (QED) is 0.757. The Hall–Kier alpha value is -2.21. The molecule has 3 rings (SSSR count). The minimum atomic E-state index is -4.07. The van der Waals surface area contributed by atoms with E-state index < -0.39 is 33.2 Å². The van der Waals surface area contributed by atoms with Crippen LogP contribution in [0.4, 0.5) is 4.39 Å². The second-order valence-electron chi connectivity index (χ2n) is 7.28. The lowest BCUT2D eigenvalue weighted by atomic mass is 9.64. The number of halogens is 1. The van der Waals surface area contributed by atoms with E-state index in [1.54, 1.807) is 37.3 Å². The van der Waals surface area contributed by atoms with Gasteiger partial charge in [0.05, 0.1) is 16.4 Å². The van der Waals surface area contributed by atoms with E-state index in [1.807, 2.05) is 20.8 Å². The fraction of sp³-hybridized carbons (Fsp3) is 0.350. The molecule has 0 unspecified atom stereocenters. The van der Waals surface area contributed by atoms with E-state index in [-0.39, 0.29) is 16.4 Å². The highest BCUT2D eigenvalue weighted by Gasteiger charge is 2.64. The van der Waals surface area contributed by atoms with Crippen LogP contribution in [-0.2, 0) is 14.8 Å². The topological polar surface area (TPSA) is 54.5 Å². The highest BCUT2D eigenvalue weighted by Crippen LogP contribution is 2.56. The smallest absolute Gasteiger partial charge is 0.267 e. The normalized spacial score (nSPS) is 23.2. The number of hydrogen-bond donors (Lipinski definition) is 0. The molecule has 0 N–H and O–H groups in total. The number of β-lactam (4-membered cyclic amide) rings is 1. The van der Waals surface area contributed by atoms with Gasteiger partial charge in [0.1, 0.15) is 5.82 Å². The van der Waals surface area contributed by atoms with Crippen molar-refractivity contribution in [2.24, 2.45) is 11.3 Å². The van der Waals surface area contributed by atoms with Gasteiger partial charge >= 0.3 is 0 Å². The first-order valence-corrected chi connectivity index (χ1v) is 9.95. The molecule has 2 aromatic carbocycles. The summed E-state index contributed by atoms with van der Waals surface area (Å²) in [7, 11) is -4.07. The minimum Gasteiger partial charge on any atom is -0.273 e. The molecule has 0 spiro atoms. The van der Waals surface area contributed by atoms with Gasteiger partial charge in [-0.15, -0.1) is 0 Å². The average molecular weight is 375 g/mol. The number of amides is 1. The number of rotatable bonds is 4. The third kappa shape index (κ3) is 2.55. The summed E-state index contributed by atoms with van der Waals surface area (Å²) >= 11 is 0. The zero-order valence-electron chi connectivity index (χ0n) is 15.2. The minimum absolute atomic E-state index is 0.0311. The van der Waals surface area contributed by atoms with Crippen LogP contribution < -0.4 is 0 Å². The van der Waals surface area contributed by atoms with Crippen molar-refractivity contribution in [3.05, 3.63) is 65.5 Å². The largest absolute Gasteiger partial charge is 0.273 e. The summed E-state index contributed by atoms with van der Waals surface area (Å²) in [4.78, 5) is 13.0. The van der Waals surface area contributed by atoms with Crippen molar-refractivity contribution < 1.29 is 17.6 Å². The molecule has 0 radical (unpaired) electrons. The lowest BCUT2D eigenvalue weighted by Crippen LogP contribution is -2.65. The lowest BCUT2D eigenvalue weighted by Gasteiger charge is -2.55. The third-order valence-corrected chi connectivity index (χ3v) is 7.20. The van der Waals surface area contributed by atoms with E-state index in [1.165, 1.54) is 18.2 Å². The molecule has 0 aliphatic carbocycles. The molecule has 1 heterocycles. The van der Waals surface area contributed by atoms with E-state index >= 15 is 0 Å². The van der Waals surface area contributed by atoms with Crippen LogP contribution >= 0.6 is 0 Å². The number of carbonyl (C=O) groups excluding carboxylic acids is 1. The Kier molecular flexibility index (Phi) is 4.43. The molecule has 0 bridgehead atoms. The van der Waals surface area contributed by atoms with Gasteiger partial charge in [-0.3, -0.25) is 4.79 Å². The predicted molar refractivity (Wildman–Crippen MR) is 97.3 cm³/mol. The Balaban J connectivity index is 2.15. The van der Waals surface area contributed by atoms with Crippen molar-refractivity contribution >= 4 is 15.9 Å². The number of hydrogen-bond acceptors (Lipinski definition) is 3. The summed E-state index contributed by atoms with van der Waals surface area (Å²) < 4.78 is 41.6. The molecule has 0 saturated carbocycles. The first-order chi connectivity index (χ1) is 12.1. The maximum Gasteiger partial charge on any atom is 0.267 e. The van der Waals surface area contributed by atoms with Gasteiger partial charge in [-0.05, 0) is 38.0 Å². The van der Waals surface area contributed by atoms with E-state index in [0.29, 0.717) is 0 Å². The molecule has 4 nitrogen and oxygen atoms in total. The van der Waals surface area contributed by atoms with Crippen LogP contribution in [0.1, 0.15) is 37.9 Å². The first kappa shape index (κ1) is 18.6. The molecule has 1 aliphatic heterocycles. The van der Waals surface area contributed by atoms with Gasteiger partial charge < -0.3 is 0 Å². The molecular formula is C20H22FNO3S. The number of sulfonamides is 1. The van der Waals surface area contributed by atoms with Crippen molar-refractivity contribution in [2.75, 3.05) is 0 Å². The summed E-state index contributed by atoms with van der Waals surface area (Å²) in [6, 6.07) is 11.5. The summed E-state index contributed by atoms with van der Waals surface area (Å²) in [5.41, 5.74) is 0.149. The van der Waals surface area contributed by atoms with Crippen molar-refractivity contribution in [1.82, 2.24) is 4.31 Å². The Morgan fingerprint density at radius 1 is 1.08 bits per heavy atom. The number of aryl methyl sites for hydroxylation is 1.